The highest BCUT2D eigenvalue weighted by Gasteiger charge is 2.24. The molecule has 154 valence electrons. The smallest absolute Gasteiger partial charge is 0.277 e. The molecule has 6 nitrogen and oxygen atoms in total. The zero-order valence-corrected chi connectivity index (χ0v) is 16.7. The highest BCUT2D eigenvalue weighted by atomic mass is 19.1. The number of fused-ring (bicyclic) bond motifs is 1. The van der Waals surface area contributed by atoms with Crippen molar-refractivity contribution in [1.82, 2.24) is 4.90 Å². The van der Waals surface area contributed by atoms with E-state index in [1.807, 2.05) is 37.4 Å². The lowest BCUT2D eigenvalue weighted by atomic mass is 10.2. The molecule has 0 aromatic heterocycles. The Kier molecular flexibility index (Phi) is 5.85. The number of quaternary nitrogens is 1. The molecule has 2 aromatic rings. The first kappa shape index (κ1) is 19.5. The maximum absolute atomic E-state index is 13.1. The van der Waals surface area contributed by atoms with Gasteiger partial charge in [0.05, 0.1) is 26.2 Å². The molecule has 2 aliphatic heterocycles. The van der Waals surface area contributed by atoms with Crippen molar-refractivity contribution < 1.29 is 23.6 Å². The number of benzene rings is 2. The molecule has 1 amide bonds. The van der Waals surface area contributed by atoms with E-state index in [4.69, 9.17) is 9.47 Å². The summed E-state index contributed by atoms with van der Waals surface area (Å²) in [6.45, 7) is 5.66. The lowest BCUT2D eigenvalue weighted by Gasteiger charge is -2.34. The van der Waals surface area contributed by atoms with E-state index in [0.717, 1.165) is 48.9 Å². The first-order chi connectivity index (χ1) is 14.1. The lowest BCUT2D eigenvalue weighted by Crippen LogP contribution is -3.15. The molecule has 1 fully saturated rings. The average Bonchev–Trinajstić information content (AvgIpc) is 2.75. The van der Waals surface area contributed by atoms with Crippen molar-refractivity contribution in [3.8, 4) is 11.5 Å². The largest absolute Gasteiger partial charge is 0.486 e. The van der Waals surface area contributed by atoms with Crippen LogP contribution in [0, 0.1) is 5.82 Å². The number of halogens is 1. The summed E-state index contributed by atoms with van der Waals surface area (Å²) < 4.78 is 24.3. The van der Waals surface area contributed by atoms with Crippen molar-refractivity contribution >= 4 is 11.6 Å². The van der Waals surface area contributed by atoms with E-state index in [1.54, 1.807) is 4.90 Å². The van der Waals surface area contributed by atoms with Crippen molar-refractivity contribution in [2.24, 2.45) is 0 Å². The van der Waals surface area contributed by atoms with Crippen LogP contribution in [0.15, 0.2) is 42.5 Å². The van der Waals surface area contributed by atoms with E-state index in [0.29, 0.717) is 26.3 Å². The highest BCUT2D eigenvalue weighted by molar-refractivity contribution is 5.76. The predicted octanol–water partition coefficient (Wildman–Crippen LogP) is 0.960. The second kappa shape index (κ2) is 8.69. The number of rotatable bonds is 5. The van der Waals surface area contributed by atoms with Gasteiger partial charge in [-0.2, -0.15) is 0 Å². The van der Waals surface area contributed by atoms with Crippen LogP contribution in [0.2, 0.25) is 0 Å². The van der Waals surface area contributed by atoms with Crippen LogP contribution in [0.4, 0.5) is 10.1 Å². The Labute approximate surface area is 170 Å². The van der Waals surface area contributed by atoms with Crippen LogP contribution in [-0.4, -0.2) is 63.8 Å². The van der Waals surface area contributed by atoms with Gasteiger partial charge < -0.3 is 24.2 Å². The topological polar surface area (TPSA) is 46.5 Å². The van der Waals surface area contributed by atoms with Gasteiger partial charge in [0.2, 0.25) is 0 Å². The number of carbonyl (C=O) groups excluding carboxylic acids is 1. The standard InChI is InChI=1S/C22H26FN3O3/c1-24(15-17-2-7-20-21(14-17)29-13-12-28-20)22(27)16-25-8-10-26(11-9-25)19-5-3-18(23)4-6-19/h2-7,14H,8-13,15-16H2,1H3/p+1. The minimum Gasteiger partial charge on any atom is -0.486 e. The van der Waals surface area contributed by atoms with Gasteiger partial charge in [0.25, 0.3) is 5.91 Å². The fourth-order valence-electron chi connectivity index (χ4n) is 3.81. The molecule has 2 aliphatic rings. The van der Waals surface area contributed by atoms with Gasteiger partial charge in [0.15, 0.2) is 18.0 Å². The molecular formula is C22H27FN3O3+. The summed E-state index contributed by atoms with van der Waals surface area (Å²) in [6, 6.07) is 12.4. The summed E-state index contributed by atoms with van der Waals surface area (Å²) in [5.41, 5.74) is 2.06. The van der Waals surface area contributed by atoms with Crippen molar-refractivity contribution in [2.75, 3.05) is 57.9 Å². The van der Waals surface area contributed by atoms with E-state index < -0.39 is 0 Å². The van der Waals surface area contributed by atoms with Crippen LogP contribution in [0.25, 0.3) is 0 Å². The summed E-state index contributed by atoms with van der Waals surface area (Å²) in [4.78, 5) is 18.0. The van der Waals surface area contributed by atoms with E-state index in [2.05, 4.69) is 4.90 Å². The second-order valence-corrected chi connectivity index (χ2v) is 7.62. The molecule has 4 rings (SSSR count). The SMILES string of the molecule is CN(Cc1ccc2c(c1)OCCO2)C(=O)C[NH+]1CCN(c2ccc(F)cc2)CC1. The first-order valence-corrected chi connectivity index (χ1v) is 10.0. The normalized spacial score (nSPS) is 16.6. The van der Waals surface area contributed by atoms with Gasteiger partial charge in [-0.3, -0.25) is 4.79 Å². The first-order valence-electron chi connectivity index (χ1n) is 10.0. The van der Waals surface area contributed by atoms with Crippen molar-refractivity contribution in [3.05, 3.63) is 53.8 Å². The molecule has 29 heavy (non-hydrogen) atoms. The molecule has 7 heteroatoms. The van der Waals surface area contributed by atoms with Gasteiger partial charge >= 0.3 is 0 Å². The van der Waals surface area contributed by atoms with Crippen LogP contribution in [0.3, 0.4) is 0 Å². The van der Waals surface area contributed by atoms with Crippen LogP contribution < -0.4 is 19.3 Å². The molecule has 1 N–H and O–H groups in total. The highest BCUT2D eigenvalue weighted by Crippen LogP contribution is 2.31. The number of amides is 1. The Morgan fingerprint density at radius 2 is 1.76 bits per heavy atom. The number of likely N-dealkylation sites (N-methyl/N-ethyl adjacent to an activating group) is 1. The van der Waals surface area contributed by atoms with Gasteiger partial charge in [0, 0.05) is 19.3 Å². The molecule has 0 unspecified atom stereocenters. The van der Waals surface area contributed by atoms with Crippen LogP contribution in [-0.2, 0) is 11.3 Å². The molecule has 1 saturated heterocycles. The summed E-state index contributed by atoms with van der Waals surface area (Å²) in [5.74, 6) is 1.42. The van der Waals surface area contributed by atoms with E-state index in [9.17, 15) is 9.18 Å². The molecule has 0 atom stereocenters. The van der Waals surface area contributed by atoms with E-state index >= 15 is 0 Å². The molecule has 0 spiro atoms. The van der Waals surface area contributed by atoms with Gasteiger partial charge in [-0.1, -0.05) is 6.07 Å². The molecule has 0 aliphatic carbocycles. The van der Waals surface area contributed by atoms with Crippen LogP contribution in [0.5, 0.6) is 11.5 Å². The van der Waals surface area contributed by atoms with Crippen LogP contribution >= 0.6 is 0 Å². The number of carbonyl (C=O) groups is 1. The quantitative estimate of drug-likeness (QED) is 0.812. The molecule has 0 saturated carbocycles. The molecule has 2 heterocycles. The Balaban J connectivity index is 1.26. The Hall–Kier alpha value is -2.80. The monoisotopic (exact) mass is 400 g/mol. The number of ether oxygens (including phenoxy) is 2. The number of nitrogens with one attached hydrogen (secondary N) is 1. The molecule has 2 aromatic carbocycles. The van der Waals surface area contributed by atoms with Gasteiger partial charge in [0.1, 0.15) is 19.0 Å². The number of hydrogen-bond donors (Lipinski definition) is 1. The van der Waals surface area contributed by atoms with Crippen molar-refractivity contribution in [1.29, 1.82) is 0 Å². The Morgan fingerprint density at radius 1 is 1.07 bits per heavy atom. The fourth-order valence-corrected chi connectivity index (χ4v) is 3.81. The number of nitrogens with zero attached hydrogens (tertiary/aromatic N) is 2. The number of anilines is 1. The third kappa shape index (κ3) is 4.79. The summed E-state index contributed by atoms with van der Waals surface area (Å²) in [6.07, 6.45) is 0. The lowest BCUT2D eigenvalue weighted by molar-refractivity contribution is -0.892. The summed E-state index contributed by atoms with van der Waals surface area (Å²) in [7, 11) is 1.84. The Bertz CT molecular complexity index is 851. The van der Waals surface area contributed by atoms with Crippen molar-refractivity contribution in [2.45, 2.75) is 6.54 Å². The van der Waals surface area contributed by atoms with Crippen LogP contribution in [0.1, 0.15) is 5.56 Å². The molecule has 0 bridgehead atoms. The summed E-state index contributed by atoms with van der Waals surface area (Å²) >= 11 is 0. The third-order valence-corrected chi connectivity index (χ3v) is 5.52. The maximum Gasteiger partial charge on any atom is 0.277 e. The minimum atomic E-state index is -0.218. The molecule has 0 radical (unpaired) electrons. The van der Waals surface area contributed by atoms with Gasteiger partial charge in [-0.25, -0.2) is 4.39 Å². The minimum absolute atomic E-state index is 0.130. The fraction of sp³-hybridized carbons (Fsp3) is 0.409. The number of piperazine rings is 1. The van der Waals surface area contributed by atoms with Crippen molar-refractivity contribution in [3.63, 3.8) is 0 Å². The van der Waals surface area contributed by atoms with E-state index in [1.165, 1.54) is 17.0 Å². The second-order valence-electron chi connectivity index (χ2n) is 7.62. The van der Waals surface area contributed by atoms with Gasteiger partial charge in [-0.15, -0.1) is 0 Å². The third-order valence-electron chi connectivity index (χ3n) is 5.52. The number of hydrogen-bond acceptors (Lipinski definition) is 4. The zero-order chi connectivity index (χ0) is 20.2. The zero-order valence-electron chi connectivity index (χ0n) is 16.7. The molecular weight excluding hydrogens is 373 g/mol. The summed E-state index contributed by atoms with van der Waals surface area (Å²) in [5, 5.41) is 0. The predicted molar refractivity (Wildman–Crippen MR) is 108 cm³/mol. The Morgan fingerprint density at radius 3 is 2.48 bits per heavy atom. The van der Waals surface area contributed by atoms with E-state index in [-0.39, 0.29) is 11.7 Å². The maximum atomic E-state index is 13.1. The van der Waals surface area contributed by atoms with Gasteiger partial charge in [-0.05, 0) is 42.0 Å². The average molecular weight is 400 g/mol.